The Kier molecular flexibility index (Phi) is 4.10. The van der Waals surface area contributed by atoms with Crippen molar-refractivity contribution < 1.29 is 19.7 Å². The Bertz CT molecular complexity index is 625. The highest BCUT2D eigenvalue weighted by Gasteiger charge is 2.09. The van der Waals surface area contributed by atoms with Gasteiger partial charge >= 0.3 is 5.97 Å². The van der Waals surface area contributed by atoms with Crippen molar-refractivity contribution >= 4 is 11.7 Å². The molecule has 0 unspecified atom stereocenters. The first kappa shape index (κ1) is 13.7. The van der Waals surface area contributed by atoms with Crippen LogP contribution < -0.4 is 10.1 Å². The molecule has 0 saturated carbocycles. The lowest BCUT2D eigenvalue weighted by Gasteiger charge is -2.11. The van der Waals surface area contributed by atoms with Gasteiger partial charge in [0.2, 0.25) is 0 Å². The van der Waals surface area contributed by atoms with Gasteiger partial charge in [0.25, 0.3) is 0 Å². The highest BCUT2D eigenvalue weighted by molar-refractivity contribution is 5.94. The molecule has 0 aliphatic carbocycles. The summed E-state index contributed by atoms with van der Waals surface area (Å²) in [7, 11) is 1.52. The normalized spacial score (nSPS) is 10.1. The molecule has 0 radical (unpaired) electrons. The molecule has 3 N–H and O–H groups in total. The highest BCUT2D eigenvalue weighted by Crippen LogP contribution is 2.24. The second-order valence-electron chi connectivity index (χ2n) is 4.20. The number of ether oxygens (including phenoxy) is 1. The van der Waals surface area contributed by atoms with E-state index >= 15 is 0 Å². The summed E-state index contributed by atoms with van der Waals surface area (Å²) in [6.45, 7) is 0.320. The van der Waals surface area contributed by atoms with Crippen LogP contribution in [0.15, 0.2) is 42.5 Å². The van der Waals surface area contributed by atoms with Crippen LogP contribution in [0, 0.1) is 0 Å². The third-order valence-corrected chi connectivity index (χ3v) is 2.92. The minimum absolute atomic E-state index is 0.102. The van der Waals surface area contributed by atoms with Gasteiger partial charge in [0, 0.05) is 23.9 Å². The summed E-state index contributed by atoms with van der Waals surface area (Å²) in [6, 6.07) is 11.6. The molecule has 0 bridgehead atoms. The van der Waals surface area contributed by atoms with Crippen LogP contribution in [0.25, 0.3) is 0 Å². The van der Waals surface area contributed by atoms with Gasteiger partial charge in [-0.3, -0.25) is 0 Å². The summed E-state index contributed by atoms with van der Waals surface area (Å²) in [5.74, 6) is -0.325. The van der Waals surface area contributed by atoms with Crippen molar-refractivity contribution in [3.63, 3.8) is 0 Å². The van der Waals surface area contributed by atoms with Crippen LogP contribution in [0.1, 0.15) is 15.9 Å². The smallest absolute Gasteiger partial charge is 0.337 e. The average molecular weight is 273 g/mol. The monoisotopic (exact) mass is 273 g/mol. The Hall–Kier alpha value is -2.69. The molecule has 2 aromatic rings. The van der Waals surface area contributed by atoms with E-state index in [2.05, 4.69) is 5.32 Å². The number of para-hydroxylation sites is 1. The number of aromatic hydroxyl groups is 1. The molecule has 0 spiro atoms. The molecule has 20 heavy (non-hydrogen) atoms. The number of anilines is 1. The van der Waals surface area contributed by atoms with Crippen molar-refractivity contribution in [2.24, 2.45) is 0 Å². The van der Waals surface area contributed by atoms with Gasteiger partial charge in [0.15, 0.2) is 0 Å². The molecule has 0 aromatic heterocycles. The number of hydrogen-bond acceptors (Lipinski definition) is 4. The van der Waals surface area contributed by atoms with Gasteiger partial charge in [-0.25, -0.2) is 4.79 Å². The molecule has 5 heteroatoms. The van der Waals surface area contributed by atoms with Gasteiger partial charge in [-0.1, -0.05) is 12.1 Å². The van der Waals surface area contributed by atoms with Gasteiger partial charge in [-0.2, -0.15) is 0 Å². The first-order valence-electron chi connectivity index (χ1n) is 6.04. The first-order chi connectivity index (χ1) is 9.61. The van der Waals surface area contributed by atoms with E-state index in [1.54, 1.807) is 30.3 Å². The fraction of sp³-hybridized carbons (Fsp3) is 0.133. The molecule has 0 aliphatic rings. The lowest BCUT2D eigenvalue weighted by molar-refractivity contribution is 0.0698. The molecular weight excluding hydrogens is 258 g/mol. The zero-order valence-electron chi connectivity index (χ0n) is 11.0. The molecule has 0 fully saturated rings. The second-order valence-corrected chi connectivity index (χ2v) is 4.20. The van der Waals surface area contributed by atoms with Crippen molar-refractivity contribution in [2.75, 3.05) is 12.4 Å². The Balaban J connectivity index is 2.15. The van der Waals surface area contributed by atoms with Gasteiger partial charge in [0.1, 0.15) is 11.5 Å². The molecule has 104 valence electrons. The topological polar surface area (TPSA) is 78.8 Å². The van der Waals surface area contributed by atoms with Crippen LogP contribution in [0.4, 0.5) is 5.69 Å². The van der Waals surface area contributed by atoms with Crippen molar-refractivity contribution in [1.29, 1.82) is 0 Å². The largest absolute Gasteiger partial charge is 0.507 e. The van der Waals surface area contributed by atoms with Crippen molar-refractivity contribution in [1.82, 2.24) is 0 Å². The van der Waals surface area contributed by atoms with Crippen molar-refractivity contribution in [3.05, 3.63) is 53.6 Å². The average Bonchev–Trinajstić information content (AvgIpc) is 2.46. The summed E-state index contributed by atoms with van der Waals surface area (Å²) < 4.78 is 5.01. The number of phenols is 1. The molecule has 0 aliphatic heterocycles. The van der Waals surface area contributed by atoms with E-state index in [4.69, 9.17) is 9.84 Å². The summed E-state index contributed by atoms with van der Waals surface area (Å²) in [4.78, 5) is 11.1. The van der Waals surface area contributed by atoms with Crippen LogP contribution in [-0.4, -0.2) is 23.3 Å². The number of carboxylic acids is 1. The summed E-state index contributed by atoms with van der Waals surface area (Å²) in [5, 5.41) is 21.9. The van der Waals surface area contributed by atoms with Crippen LogP contribution in [0.5, 0.6) is 11.5 Å². The molecule has 2 aromatic carbocycles. The number of aromatic carboxylic acids is 1. The van der Waals surface area contributed by atoms with Gasteiger partial charge in [-0.05, 0) is 24.3 Å². The predicted octanol–water partition coefficient (Wildman–Crippen LogP) is 2.71. The summed E-state index contributed by atoms with van der Waals surface area (Å²) >= 11 is 0. The number of benzene rings is 2. The second kappa shape index (κ2) is 5.97. The van der Waals surface area contributed by atoms with E-state index < -0.39 is 5.97 Å². The minimum atomic E-state index is -0.993. The van der Waals surface area contributed by atoms with Crippen LogP contribution in [-0.2, 0) is 6.54 Å². The number of hydrogen-bond donors (Lipinski definition) is 3. The standard InChI is InChI=1S/C15H15NO4/c1-20-11-7-6-10(14(17)8-11)9-16-13-5-3-2-4-12(13)15(18)19/h2-8,16-17H,9H2,1H3,(H,18,19). The molecular formula is C15H15NO4. The van der Waals surface area contributed by atoms with E-state index in [1.165, 1.54) is 19.2 Å². The molecule has 2 rings (SSSR count). The zero-order chi connectivity index (χ0) is 14.5. The number of carbonyl (C=O) groups is 1. The number of carboxylic acid groups (broad SMARTS) is 1. The minimum Gasteiger partial charge on any atom is -0.507 e. The third-order valence-electron chi connectivity index (χ3n) is 2.92. The maximum atomic E-state index is 11.1. The predicted molar refractivity (Wildman–Crippen MR) is 75.4 cm³/mol. The van der Waals surface area contributed by atoms with E-state index in [0.29, 0.717) is 23.5 Å². The Labute approximate surface area is 116 Å². The molecule has 0 heterocycles. The number of rotatable bonds is 5. The van der Waals surface area contributed by atoms with Crippen LogP contribution in [0.2, 0.25) is 0 Å². The van der Waals surface area contributed by atoms with Gasteiger partial charge in [0.05, 0.1) is 12.7 Å². The Morgan fingerprint density at radius 3 is 2.65 bits per heavy atom. The quantitative estimate of drug-likeness (QED) is 0.780. The fourth-order valence-corrected chi connectivity index (χ4v) is 1.83. The van der Waals surface area contributed by atoms with Gasteiger partial charge < -0.3 is 20.3 Å². The fourth-order valence-electron chi connectivity index (χ4n) is 1.83. The molecule has 0 amide bonds. The molecule has 0 atom stereocenters. The maximum absolute atomic E-state index is 11.1. The van der Waals surface area contributed by atoms with E-state index in [-0.39, 0.29) is 11.3 Å². The number of methoxy groups -OCH3 is 1. The Morgan fingerprint density at radius 1 is 1.25 bits per heavy atom. The van der Waals surface area contributed by atoms with E-state index in [1.807, 2.05) is 0 Å². The first-order valence-corrected chi connectivity index (χ1v) is 6.04. The maximum Gasteiger partial charge on any atom is 0.337 e. The Morgan fingerprint density at radius 2 is 2.00 bits per heavy atom. The lowest BCUT2D eigenvalue weighted by Crippen LogP contribution is -2.06. The molecule has 5 nitrogen and oxygen atoms in total. The number of nitrogens with one attached hydrogen (secondary N) is 1. The van der Waals surface area contributed by atoms with Crippen LogP contribution >= 0.6 is 0 Å². The SMILES string of the molecule is COc1ccc(CNc2ccccc2C(=O)O)c(O)c1. The zero-order valence-corrected chi connectivity index (χ0v) is 11.0. The summed E-state index contributed by atoms with van der Waals surface area (Å²) in [5.41, 5.74) is 1.36. The van der Waals surface area contributed by atoms with Crippen LogP contribution in [0.3, 0.4) is 0 Å². The van der Waals surface area contributed by atoms with E-state index in [9.17, 15) is 9.90 Å². The lowest BCUT2D eigenvalue weighted by atomic mass is 10.1. The summed E-state index contributed by atoms with van der Waals surface area (Å²) in [6.07, 6.45) is 0. The molecule has 0 saturated heterocycles. The van der Waals surface area contributed by atoms with Gasteiger partial charge in [-0.15, -0.1) is 0 Å². The highest BCUT2D eigenvalue weighted by atomic mass is 16.5. The third kappa shape index (κ3) is 3.00. The van der Waals surface area contributed by atoms with Crippen molar-refractivity contribution in [2.45, 2.75) is 6.54 Å². The number of phenolic OH excluding ortho intramolecular Hbond substituents is 1. The van der Waals surface area contributed by atoms with Crippen molar-refractivity contribution in [3.8, 4) is 11.5 Å². The van der Waals surface area contributed by atoms with E-state index in [0.717, 1.165) is 0 Å².